The second-order valence-corrected chi connectivity index (χ2v) is 4.31. The van der Waals surface area contributed by atoms with Gasteiger partial charge in [0.15, 0.2) is 6.23 Å². The number of nitrogens with one attached hydrogen (secondary N) is 1. The molecule has 0 amide bonds. The molecule has 7 heteroatoms. The number of carbonyl (C=O) groups excluding carboxylic acids is 1. The number of aliphatic hydroxyl groups excluding tert-OH is 3. The lowest BCUT2D eigenvalue weighted by atomic mass is 10.0. The zero-order valence-corrected chi connectivity index (χ0v) is 9.89. The van der Waals surface area contributed by atoms with Crippen LogP contribution in [0.15, 0.2) is 24.3 Å². The molecule has 1 saturated heterocycles. The first-order valence-corrected chi connectivity index (χ1v) is 5.73. The maximum atomic E-state index is 10.6. The van der Waals surface area contributed by atoms with E-state index in [0.29, 0.717) is 5.69 Å². The van der Waals surface area contributed by atoms with Crippen LogP contribution < -0.4 is 10.4 Å². The summed E-state index contributed by atoms with van der Waals surface area (Å²) in [5, 5.41) is 41.9. The summed E-state index contributed by atoms with van der Waals surface area (Å²) in [6.07, 6.45) is -4.60. The Morgan fingerprint density at radius 3 is 2.42 bits per heavy atom. The van der Waals surface area contributed by atoms with E-state index in [2.05, 4.69) is 5.32 Å². The Bertz CT molecular complexity index is 448. The van der Waals surface area contributed by atoms with Crippen molar-refractivity contribution >= 4 is 11.7 Å². The van der Waals surface area contributed by atoms with Crippen LogP contribution >= 0.6 is 0 Å². The Labute approximate surface area is 109 Å². The first-order chi connectivity index (χ1) is 8.99. The molecule has 1 aromatic carbocycles. The quantitative estimate of drug-likeness (QED) is 0.495. The minimum atomic E-state index is -1.30. The van der Waals surface area contributed by atoms with Gasteiger partial charge in [-0.25, -0.2) is 0 Å². The molecule has 0 radical (unpaired) electrons. The van der Waals surface area contributed by atoms with Crippen molar-refractivity contribution in [2.45, 2.75) is 24.5 Å². The van der Waals surface area contributed by atoms with Crippen LogP contribution in [-0.2, 0) is 4.74 Å². The van der Waals surface area contributed by atoms with Crippen LogP contribution in [0.4, 0.5) is 5.69 Å². The van der Waals surface area contributed by atoms with E-state index in [1.807, 2.05) is 0 Å². The van der Waals surface area contributed by atoms with E-state index in [-0.39, 0.29) is 12.2 Å². The average molecular weight is 268 g/mol. The number of benzene rings is 1. The van der Waals surface area contributed by atoms with Gasteiger partial charge in [-0.05, 0) is 17.7 Å². The molecule has 4 N–H and O–H groups in total. The van der Waals surface area contributed by atoms with E-state index in [9.17, 15) is 25.2 Å². The normalized spacial score (nSPS) is 30.9. The molecule has 1 aliphatic rings. The van der Waals surface area contributed by atoms with Gasteiger partial charge in [-0.15, -0.1) is 0 Å². The molecule has 0 aromatic heterocycles. The lowest BCUT2D eigenvalue weighted by molar-refractivity contribution is -0.255. The highest BCUT2D eigenvalue weighted by atomic mass is 16.5. The molecule has 104 valence electrons. The third kappa shape index (κ3) is 3.02. The third-order valence-corrected chi connectivity index (χ3v) is 2.93. The van der Waals surface area contributed by atoms with Crippen molar-refractivity contribution in [2.75, 3.05) is 11.9 Å². The largest absolute Gasteiger partial charge is 0.545 e. The summed E-state index contributed by atoms with van der Waals surface area (Å²) in [4.78, 5) is 10.6. The van der Waals surface area contributed by atoms with E-state index in [0.717, 1.165) is 0 Å². The van der Waals surface area contributed by atoms with Gasteiger partial charge in [0.05, 0.1) is 12.6 Å². The van der Waals surface area contributed by atoms with Crippen LogP contribution in [-0.4, -0.2) is 52.4 Å². The predicted octanol–water partition coefficient (Wildman–Crippen LogP) is -2.10. The molecule has 0 aliphatic carbocycles. The highest BCUT2D eigenvalue weighted by Crippen LogP contribution is 2.18. The van der Waals surface area contributed by atoms with Gasteiger partial charge in [-0.2, -0.15) is 0 Å². The Balaban J connectivity index is 2.03. The first-order valence-electron chi connectivity index (χ1n) is 5.73. The summed E-state index contributed by atoms with van der Waals surface area (Å²) >= 11 is 0. The number of aromatic carboxylic acids is 1. The monoisotopic (exact) mass is 268 g/mol. The number of carboxylic acids is 1. The third-order valence-electron chi connectivity index (χ3n) is 2.93. The van der Waals surface area contributed by atoms with Crippen molar-refractivity contribution in [3.05, 3.63) is 29.8 Å². The molecule has 0 saturated carbocycles. The summed E-state index contributed by atoms with van der Waals surface area (Å²) in [6.45, 7) is -0.104. The molecular formula is C12H14NO6-. The van der Waals surface area contributed by atoms with E-state index < -0.39 is 30.5 Å². The average Bonchev–Trinajstić information content (AvgIpc) is 2.40. The number of anilines is 1. The molecule has 4 atom stereocenters. The van der Waals surface area contributed by atoms with Gasteiger partial charge >= 0.3 is 0 Å². The summed E-state index contributed by atoms with van der Waals surface area (Å²) in [7, 11) is 0. The summed E-state index contributed by atoms with van der Waals surface area (Å²) < 4.78 is 5.15. The minimum absolute atomic E-state index is 0.0334. The summed E-state index contributed by atoms with van der Waals surface area (Å²) in [5.41, 5.74) is 0.545. The Kier molecular flexibility index (Phi) is 4.01. The molecule has 19 heavy (non-hydrogen) atoms. The fourth-order valence-electron chi connectivity index (χ4n) is 1.80. The lowest BCUT2D eigenvalue weighted by Crippen LogP contribution is -2.55. The Hall–Kier alpha value is -1.67. The topological polar surface area (TPSA) is 122 Å². The Morgan fingerprint density at radius 2 is 1.84 bits per heavy atom. The summed E-state index contributed by atoms with van der Waals surface area (Å²) in [6, 6.07) is 5.66. The molecule has 1 fully saturated rings. The number of carbonyl (C=O) groups is 1. The van der Waals surface area contributed by atoms with Crippen LogP contribution in [0.5, 0.6) is 0 Å². The second-order valence-electron chi connectivity index (χ2n) is 4.31. The van der Waals surface area contributed by atoms with Gasteiger partial charge < -0.3 is 35.3 Å². The number of ether oxygens (including phenoxy) is 1. The highest BCUT2D eigenvalue weighted by molar-refractivity contribution is 5.86. The van der Waals surface area contributed by atoms with Crippen molar-refractivity contribution in [1.82, 2.24) is 0 Å². The zero-order valence-electron chi connectivity index (χ0n) is 9.89. The molecule has 1 aliphatic heterocycles. The predicted molar refractivity (Wildman–Crippen MR) is 62.2 cm³/mol. The standard InChI is InChI=1S/C12H15NO6/c14-8-5-19-11(10(16)9(8)15)13-7-3-1-6(2-4-7)12(17)18/h1-4,8-11,13-16H,5H2,(H,17,18)/p-1/t8-,9-,10-,11+/m1/s1. The minimum Gasteiger partial charge on any atom is -0.545 e. The number of rotatable bonds is 3. The van der Waals surface area contributed by atoms with Crippen LogP contribution in [0.2, 0.25) is 0 Å². The maximum absolute atomic E-state index is 10.6. The van der Waals surface area contributed by atoms with Crippen LogP contribution in [0.25, 0.3) is 0 Å². The van der Waals surface area contributed by atoms with Gasteiger partial charge in [0, 0.05) is 5.69 Å². The van der Waals surface area contributed by atoms with Crippen molar-refractivity contribution < 1.29 is 30.0 Å². The fourth-order valence-corrected chi connectivity index (χ4v) is 1.80. The van der Waals surface area contributed by atoms with Crippen molar-refractivity contribution in [2.24, 2.45) is 0 Å². The summed E-state index contributed by atoms with van der Waals surface area (Å²) in [5.74, 6) is -1.28. The molecule has 0 spiro atoms. The van der Waals surface area contributed by atoms with Crippen molar-refractivity contribution in [3.8, 4) is 0 Å². The molecule has 7 nitrogen and oxygen atoms in total. The zero-order chi connectivity index (χ0) is 14.0. The van der Waals surface area contributed by atoms with Gasteiger partial charge in [0.25, 0.3) is 0 Å². The number of hydrogen-bond donors (Lipinski definition) is 4. The van der Waals surface area contributed by atoms with E-state index in [1.165, 1.54) is 24.3 Å². The number of aliphatic hydroxyl groups is 3. The lowest BCUT2D eigenvalue weighted by Gasteiger charge is -2.35. The van der Waals surface area contributed by atoms with E-state index in [4.69, 9.17) is 4.74 Å². The number of hydrogen-bond acceptors (Lipinski definition) is 7. The first kappa shape index (κ1) is 13.8. The molecule has 0 unspecified atom stereocenters. The second kappa shape index (κ2) is 5.54. The maximum Gasteiger partial charge on any atom is 0.156 e. The SMILES string of the molecule is O=C([O-])c1ccc(N[C@H]2OC[C@@H](O)[C@@H](O)[C@H]2O)cc1. The van der Waals surface area contributed by atoms with E-state index >= 15 is 0 Å². The highest BCUT2D eigenvalue weighted by Gasteiger charge is 2.37. The fraction of sp³-hybridized carbons (Fsp3) is 0.417. The number of carboxylic acid groups (broad SMARTS) is 1. The molecule has 1 aromatic rings. The van der Waals surface area contributed by atoms with Gasteiger partial charge in [-0.3, -0.25) is 0 Å². The van der Waals surface area contributed by atoms with Crippen molar-refractivity contribution in [3.63, 3.8) is 0 Å². The van der Waals surface area contributed by atoms with Crippen LogP contribution in [0.3, 0.4) is 0 Å². The van der Waals surface area contributed by atoms with E-state index in [1.54, 1.807) is 0 Å². The van der Waals surface area contributed by atoms with Gasteiger partial charge in [-0.1, -0.05) is 12.1 Å². The van der Waals surface area contributed by atoms with Crippen molar-refractivity contribution in [1.29, 1.82) is 0 Å². The smallest absolute Gasteiger partial charge is 0.156 e. The van der Waals surface area contributed by atoms with Crippen LogP contribution in [0.1, 0.15) is 10.4 Å². The Morgan fingerprint density at radius 1 is 1.21 bits per heavy atom. The van der Waals surface area contributed by atoms with Gasteiger partial charge in [0.2, 0.25) is 0 Å². The molecule has 0 bridgehead atoms. The van der Waals surface area contributed by atoms with Gasteiger partial charge in [0.1, 0.15) is 18.3 Å². The molecular weight excluding hydrogens is 254 g/mol. The molecule has 1 heterocycles. The molecule has 2 rings (SSSR count). The van der Waals surface area contributed by atoms with Crippen LogP contribution in [0, 0.1) is 0 Å².